The molecule has 1 aromatic rings. The van der Waals surface area contributed by atoms with E-state index in [9.17, 15) is 19.2 Å². The van der Waals surface area contributed by atoms with Crippen molar-refractivity contribution in [3.63, 3.8) is 0 Å². The van der Waals surface area contributed by atoms with Gasteiger partial charge in [0.15, 0.2) is 0 Å². The van der Waals surface area contributed by atoms with Crippen molar-refractivity contribution in [2.75, 3.05) is 12.0 Å². The molecule has 33 heavy (non-hydrogen) atoms. The Labute approximate surface area is 202 Å². The lowest BCUT2D eigenvalue weighted by Gasteiger charge is -2.29. The third kappa shape index (κ3) is 8.15. The second kappa shape index (κ2) is 12.2. The molecule has 2 rings (SSSR count). The molecule has 0 saturated heterocycles. The smallest absolute Gasteiger partial charge is 0.329 e. The number of rotatable bonds is 5. The fourth-order valence-corrected chi connectivity index (χ4v) is 4.04. The molecule has 0 radical (unpaired) electrons. The Morgan fingerprint density at radius 2 is 2.03 bits per heavy atom. The molecule has 1 aromatic heterocycles. The average molecular weight is 497 g/mol. The van der Waals surface area contributed by atoms with Crippen LogP contribution < -0.4 is 16.0 Å². The maximum absolute atomic E-state index is 13.0. The second-order valence-corrected chi connectivity index (χ2v) is 10.5. The van der Waals surface area contributed by atoms with Gasteiger partial charge in [0.2, 0.25) is 11.8 Å². The number of cyclic esters (lactones) is 1. The summed E-state index contributed by atoms with van der Waals surface area (Å²) in [5, 5.41) is 10.2. The number of thiazole rings is 1. The number of ether oxygens (including phenoxy) is 1. The van der Waals surface area contributed by atoms with E-state index in [0.717, 1.165) is 12.2 Å². The minimum atomic E-state index is -1.29. The number of aromatic nitrogens is 1. The number of nitrogens with zero attached hydrogens (tertiary/aromatic N) is 1. The number of carbonyl (C=O) groups excluding carboxylic acids is 4. The van der Waals surface area contributed by atoms with Gasteiger partial charge < -0.3 is 20.7 Å². The third-order valence-electron chi connectivity index (χ3n) is 4.92. The molecule has 182 valence electrons. The average Bonchev–Trinajstić information content (AvgIpc) is 3.21. The molecule has 9 nitrogen and oxygen atoms in total. The number of hydrogen-bond donors (Lipinski definition) is 3. The van der Waals surface area contributed by atoms with Crippen LogP contribution in [0.5, 0.6) is 0 Å². The molecule has 0 saturated carbocycles. The zero-order valence-corrected chi connectivity index (χ0v) is 21.2. The number of nitrogens with one attached hydrogen (secondary N) is 3. The van der Waals surface area contributed by atoms with E-state index < -0.39 is 35.5 Å². The number of esters is 1. The Balaban J connectivity index is 2.33. The summed E-state index contributed by atoms with van der Waals surface area (Å²) >= 11 is 2.92. The van der Waals surface area contributed by atoms with Gasteiger partial charge in [-0.25, -0.2) is 9.78 Å². The number of allylic oxidation sites excluding steroid dienone is 1. The van der Waals surface area contributed by atoms with Crippen molar-refractivity contribution in [2.24, 2.45) is 5.92 Å². The van der Waals surface area contributed by atoms with Crippen LogP contribution in [0.25, 0.3) is 0 Å². The highest BCUT2D eigenvalue weighted by atomic mass is 32.2. The molecule has 2 atom stereocenters. The van der Waals surface area contributed by atoms with E-state index in [0.29, 0.717) is 5.01 Å². The van der Waals surface area contributed by atoms with Crippen molar-refractivity contribution in [3.05, 3.63) is 28.2 Å². The number of hydrogen-bond acceptors (Lipinski definition) is 8. The summed E-state index contributed by atoms with van der Waals surface area (Å²) < 4.78 is 5.63. The van der Waals surface area contributed by atoms with E-state index in [1.54, 1.807) is 50.9 Å². The predicted octanol–water partition coefficient (Wildman–Crippen LogP) is 2.03. The van der Waals surface area contributed by atoms with Crippen molar-refractivity contribution in [1.82, 2.24) is 20.9 Å². The van der Waals surface area contributed by atoms with E-state index in [4.69, 9.17) is 4.74 Å². The molecule has 0 aromatic carbocycles. The number of amides is 3. The Hall–Kier alpha value is -2.40. The zero-order valence-electron chi connectivity index (χ0n) is 19.6. The maximum Gasteiger partial charge on any atom is 0.329 e. The first-order chi connectivity index (χ1) is 15.5. The van der Waals surface area contributed by atoms with E-state index in [-0.39, 0.29) is 30.5 Å². The van der Waals surface area contributed by atoms with Crippen LogP contribution in [-0.2, 0) is 25.7 Å². The lowest BCUT2D eigenvalue weighted by Crippen LogP contribution is -2.59. The largest absolute Gasteiger partial charge is 0.456 e. The predicted molar refractivity (Wildman–Crippen MR) is 129 cm³/mol. The van der Waals surface area contributed by atoms with Crippen LogP contribution in [0, 0.1) is 5.92 Å². The lowest BCUT2D eigenvalue weighted by molar-refractivity contribution is -0.153. The lowest BCUT2D eigenvalue weighted by atomic mass is 9.99. The minimum Gasteiger partial charge on any atom is -0.456 e. The molecule has 0 spiro atoms. The molecule has 1 aliphatic heterocycles. The Bertz CT molecular complexity index is 897. The normalized spacial score (nSPS) is 22.6. The van der Waals surface area contributed by atoms with Crippen LogP contribution in [0.4, 0.5) is 0 Å². The van der Waals surface area contributed by atoms with Crippen LogP contribution in [0.2, 0.25) is 0 Å². The van der Waals surface area contributed by atoms with Gasteiger partial charge in [0.1, 0.15) is 28.4 Å². The first kappa shape index (κ1) is 26.8. The van der Waals surface area contributed by atoms with Gasteiger partial charge in [0.05, 0.1) is 13.0 Å². The minimum absolute atomic E-state index is 0.0650. The number of thioether (sulfide) groups is 1. The van der Waals surface area contributed by atoms with Crippen LogP contribution in [0.1, 0.15) is 56.0 Å². The van der Waals surface area contributed by atoms with Gasteiger partial charge in [-0.3, -0.25) is 14.4 Å². The first-order valence-electron chi connectivity index (χ1n) is 10.7. The van der Waals surface area contributed by atoms with Crippen LogP contribution in [-0.4, -0.2) is 58.4 Å². The van der Waals surface area contributed by atoms with Crippen LogP contribution in [0.3, 0.4) is 0 Å². The van der Waals surface area contributed by atoms with Gasteiger partial charge in [-0.1, -0.05) is 19.9 Å². The zero-order chi connectivity index (χ0) is 24.6. The van der Waals surface area contributed by atoms with Crippen molar-refractivity contribution >= 4 is 46.8 Å². The van der Waals surface area contributed by atoms with Crippen molar-refractivity contribution in [3.8, 4) is 0 Å². The molecule has 1 aliphatic rings. The fourth-order valence-electron chi connectivity index (χ4n) is 2.95. The highest BCUT2D eigenvalue weighted by Gasteiger charge is 2.36. The standard InChI is InChI=1S/C22H32N4O5S2/c1-13(2)18-20(29)31-14(8-6-7-9-32-5)10-16(27)23-11-17-24-15(12-33-17)19(28)26-22(3,4)21(30)25-18/h6,8,12-14,18H,7,9-11H2,1-5H3,(H,23,27)(H,25,30)(H,26,28)/t14-,18+/m1/s1. The number of fused-ring (bicyclic) bond motifs is 2. The SMILES string of the molecule is CSCCC=C[C@@H]1CC(=O)NCc2nc(cs2)C(=O)NC(C)(C)C(=O)N[C@@H](C(C)C)C(=O)O1. The third-order valence-corrected chi connectivity index (χ3v) is 6.41. The van der Waals surface area contributed by atoms with Gasteiger partial charge in [-0.15, -0.1) is 11.3 Å². The Kier molecular flexibility index (Phi) is 9.90. The van der Waals surface area contributed by atoms with E-state index in [2.05, 4.69) is 20.9 Å². The molecule has 0 fully saturated rings. The molecule has 2 heterocycles. The summed E-state index contributed by atoms with van der Waals surface area (Å²) in [5.41, 5.74) is -1.14. The van der Waals surface area contributed by atoms with Gasteiger partial charge in [-0.2, -0.15) is 11.8 Å². The summed E-state index contributed by atoms with van der Waals surface area (Å²) in [4.78, 5) is 55.3. The molecular weight excluding hydrogens is 464 g/mol. The highest BCUT2D eigenvalue weighted by molar-refractivity contribution is 7.98. The summed E-state index contributed by atoms with van der Waals surface area (Å²) in [6.07, 6.45) is 5.53. The molecular formula is C22H32N4O5S2. The molecule has 0 aliphatic carbocycles. The summed E-state index contributed by atoms with van der Waals surface area (Å²) in [7, 11) is 0. The molecule has 0 unspecified atom stereocenters. The van der Waals surface area contributed by atoms with E-state index in [1.165, 1.54) is 11.3 Å². The quantitative estimate of drug-likeness (QED) is 0.323. The topological polar surface area (TPSA) is 126 Å². The van der Waals surface area contributed by atoms with Crippen molar-refractivity contribution in [2.45, 2.75) is 64.8 Å². The molecule has 2 bridgehead atoms. The van der Waals surface area contributed by atoms with Crippen LogP contribution in [0.15, 0.2) is 17.5 Å². The summed E-state index contributed by atoms with van der Waals surface area (Å²) in [6.45, 7) is 6.81. The van der Waals surface area contributed by atoms with Crippen LogP contribution >= 0.6 is 23.1 Å². The van der Waals surface area contributed by atoms with Gasteiger partial charge in [0.25, 0.3) is 5.91 Å². The Morgan fingerprint density at radius 1 is 1.30 bits per heavy atom. The summed E-state index contributed by atoms with van der Waals surface area (Å²) in [6, 6.07) is -0.947. The van der Waals surface area contributed by atoms with Gasteiger partial charge in [-0.05, 0) is 44.3 Å². The monoisotopic (exact) mass is 496 g/mol. The second-order valence-electron chi connectivity index (χ2n) is 8.57. The number of carbonyl (C=O) groups is 4. The fraction of sp³-hybridized carbons (Fsp3) is 0.591. The molecule has 3 N–H and O–H groups in total. The first-order valence-corrected chi connectivity index (χ1v) is 13.0. The Morgan fingerprint density at radius 3 is 2.70 bits per heavy atom. The van der Waals surface area contributed by atoms with E-state index in [1.807, 2.05) is 12.3 Å². The molecule has 3 amide bonds. The van der Waals surface area contributed by atoms with E-state index >= 15 is 0 Å². The maximum atomic E-state index is 13.0. The highest BCUT2D eigenvalue weighted by Crippen LogP contribution is 2.15. The van der Waals surface area contributed by atoms with Gasteiger partial charge in [0, 0.05) is 5.38 Å². The van der Waals surface area contributed by atoms with Crippen molar-refractivity contribution in [1.29, 1.82) is 0 Å². The van der Waals surface area contributed by atoms with Gasteiger partial charge >= 0.3 is 5.97 Å². The molecule has 11 heteroatoms. The summed E-state index contributed by atoms with van der Waals surface area (Å²) in [5.74, 6) is -1.37. The van der Waals surface area contributed by atoms with Crippen molar-refractivity contribution < 1.29 is 23.9 Å².